The first-order chi connectivity index (χ1) is 11.6. The van der Waals surface area contributed by atoms with Crippen LogP contribution in [0.2, 0.25) is 10.0 Å². The third-order valence-corrected chi connectivity index (χ3v) is 4.07. The van der Waals surface area contributed by atoms with Gasteiger partial charge in [0.1, 0.15) is 5.75 Å². The van der Waals surface area contributed by atoms with Gasteiger partial charge in [-0.25, -0.2) is 0 Å². The molecule has 0 saturated carbocycles. The molecule has 3 aromatic rings. The lowest BCUT2D eigenvalue weighted by Gasteiger charge is -2.12. The van der Waals surface area contributed by atoms with Crippen LogP contribution in [0.4, 0.5) is 5.69 Å². The normalized spacial score (nSPS) is 10.4. The highest BCUT2D eigenvalue weighted by Gasteiger charge is 2.18. The van der Waals surface area contributed by atoms with E-state index in [-0.39, 0.29) is 11.3 Å². The Kier molecular flexibility index (Phi) is 4.74. The second-order valence-electron chi connectivity index (χ2n) is 5.15. The van der Waals surface area contributed by atoms with Gasteiger partial charge in [0.05, 0.1) is 16.3 Å². The number of amides is 1. The second-order valence-corrected chi connectivity index (χ2v) is 5.99. The van der Waals surface area contributed by atoms with Gasteiger partial charge in [0.2, 0.25) is 0 Å². The number of para-hydroxylation sites is 1. The molecule has 3 aromatic carbocycles. The third-order valence-electron chi connectivity index (χ3n) is 3.53. The number of carbonyl (C=O) groups excluding carboxylic acids is 1. The van der Waals surface area contributed by atoms with Crippen molar-refractivity contribution in [2.75, 3.05) is 5.32 Å². The monoisotopic (exact) mass is 357 g/mol. The van der Waals surface area contributed by atoms with Gasteiger partial charge in [-0.2, -0.15) is 0 Å². The van der Waals surface area contributed by atoms with Gasteiger partial charge < -0.3 is 10.4 Å². The Morgan fingerprint density at radius 1 is 0.917 bits per heavy atom. The average molecular weight is 358 g/mol. The Bertz CT molecular complexity index is 895. The highest BCUT2D eigenvalue weighted by Crippen LogP contribution is 2.35. The number of carbonyl (C=O) groups is 1. The van der Waals surface area contributed by atoms with E-state index < -0.39 is 5.91 Å². The van der Waals surface area contributed by atoms with Gasteiger partial charge in [-0.3, -0.25) is 4.79 Å². The molecule has 0 fully saturated rings. The largest absolute Gasteiger partial charge is 0.506 e. The first kappa shape index (κ1) is 16.4. The molecule has 0 atom stereocenters. The van der Waals surface area contributed by atoms with E-state index in [9.17, 15) is 9.90 Å². The molecule has 1 amide bonds. The molecule has 120 valence electrons. The summed E-state index contributed by atoms with van der Waals surface area (Å²) in [6, 6.07) is 19.2. The standard InChI is InChI=1S/C19H13Cl2NO2/c20-13-10-14(12-6-2-1-3-7-12)18(23)15(11-13)19(24)22-17-9-5-4-8-16(17)21/h1-11,23H,(H,22,24). The van der Waals surface area contributed by atoms with Crippen LogP contribution in [0.3, 0.4) is 0 Å². The summed E-state index contributed by atoms with van der Waals surface area (Å²) in [6.07, 6.45) is 0. The van der Waals surface area contributed by atoms with E-state index in [1.54, 1.807) is 30.3 Å². The molecule has 3 rings (SSSR count). The lowest BCUT2D eigenvalue weighted by Crippen LogP contribution is -2.12. The van der Waals surface area contributed by atoms with Gasteiger partial charge in [0, 0.05) is 10.6 Å². The predicted molar refractivity (Wildman–Crippen MR) is 98.0 cm³/mol. The fraction of sp³-hybridized carbons (Fsp3) is 0. The Labute approximate surface area is 149 Å². The molecular weight excluding hydrogens is 345 g/mol. The Morgan fingerprint density at radius 3 is 2.29 bits per heavy atom. The van der Waals surface area contributed by atoms with Crippen molar-refractivity contribution in [2.24, 2.45) is 0 Å². The van der Waals surface area contributed by atoms with E-state index in [0.29, 0.717) is 21.3 Å². The van der Waals surface area contributed by atoms with Gasteiger partial charge in [0.25, 0.3) is 5.91 Å². The van der Waals surface area contributed by atoms with Crippen LogP contribution in [0.5, 0.6) is 5.75 Å². The van der Waals surface area contributed by atoms with Gasteiger partial charge in [-0.15, -0.1) is 0 Å². The fourth-order valence-electron chi connectivity index (χ4n) is 2.36. The minimum atomic E-state index is -0.486. The van der Waals surface area contributed by atoms with Crippen LogP contribution in [0.1, 0.15) is 10.4 Å². The fourth-order valence-corrected chi connectivity index (χ4v) is 2.76. The number of phenols is 1. The summed E-state index contributed by atoms with van der Waals surface area (Å²) in [5, 5.41) is 14.0. The van der Waals surface area contributed by atoms with Crippen molar-refractivity contribution < 1.29 is 9.90 Å². The number of benzene rings is 3. The number of hydrogen-bond acceptors (Lipinski definition) is 2. The SMILES string of the molecule is O=C(Nc1ccccc1Cl)c1cc(Cl)cc(-c2ccccc2)c1O. The number of nitrogens with one attached hydrogen (secondary N) is 1. The molecule has 0 aliphatic rings. The first-order valence-corrected chi connectivity index (χ1v) is 7.95. The van der Waals surface area contributed by atoms with E-state index >= 15 is 0 Å². The van der Waals surface area contributed by atoms with E-state index in [4.69, 9.17) is 23.2 Å². The first-order valence-electron chi connectivity index (χ1n) is 7.20. The smallest absolute Gasteiger partial charge is 0.259 e. The number of phenolic OH excluding ortho intramolecular Hbond substituents is 1. The summed E-state index contributed by atoms with van der Waals surface area (Å²) >= 11 is 12.2. The molecule has 0 aromatic heterocycles. The summed E-state index contributed by atoms with van der Waals surface area (Å²) in [5.41, 5.74) is 1.81. The zero-order valence-corrected chi connectivity index (χ0v) is 14.0. The molecule has 2 N–H and O–H groups in total. The number of aromatic hydroxyl groups is 1. The maximum Gasteiger partial charge on any atom is 0.259 e. The highest BCUT2D eigenvalue weighted by molar-refractivity contribution is 6.34. The van der Waals surface area contributed by atoms with Gasteiger partial charge in [-0.05, 0) is 29.8 Å². The van der Waals surface area contributed by atoms with Crippen LogP contribution in [-0.2, 0) is 0 Å². The minimum Gasteiger partial charge on any atom is -0.506 e. The molecule has 0 radical (unpaired) electrons. The zero-order valence-electron chi connectivity index (χ0n) is 12.5. The molecule has 0 bridgehead atoms. The van der Waals surface area contributed by atoms with Crippen LogP contribution in [0.25, 0.3) is 11.1 Å². The lowest BCUT2D eigenvalue weighted by molar-refractivity contribution is 0.102. The predicted octanol–water partition coefficient (Wildman–Crippen LogP) is 5.62. The van der Waals surface area contributed by atoms with Crippen molar-refractivity contribution in [2.45, 2.75) is 0 Å². The van der Waals surface area contributed by atoms with E-state index in [1.807, 2.05) is 30.3 Å². The van der Waals surface area contributed by atoms with Crippen molar-refractivity contribution in [3.8, 4) is 16.9 Å². The summed E-state index contributed by atoms with van der Waals surface area (Å²) in [7, 11) is 0. The Balaban J connectivity index is 2.01. The maximum absolute atomic E-state index is 12.5. The summed E-state index contributed by atoms with van der Waals surface area (Å²) in [4.78, 5) is 12.5. The summed E-state index contributed by atoms with van der Waals surface area (Å²) in [5.74, 6) is -0.615. The van der Waals surface area contributed by atoms with Crippen molar-refractivity contribution in [3.63, 3.8) is 0 Å². The van der Waals surface area contributed by atoms with Gasteiger partial charge >= 0.3 is 0 Å². The quantitative estimate of drug-likeness (QED) is 0.639. The second kappa shape index (κ2) is 6.95. The summed E-state index contributed by atoms with van der Waals surface area (Å²) < 4.78 is 0. The molecule has 24 heavy (non-hydrogen) atoms. The van der Waals surface area contributed by atoms with Crippen LogP contribution in [0.15, 0.2) is 66.7 Å². The topological polar surface area (TPSA) is 49.3 Å². The minimum absolute atomic E-state index is 0.0845. The van der Waals surface area contributed by atoms with Crippen molar-refractivity contribution in [1.82, 2.24) is 0 Å². The molecule has 0 aliphatic carbocycles. The molecule has 0 unspecified atom stereocenters. The highest BCUT2D eigenvalue weighted by atomic mass is 35.5. The maximum atomic E-state index is 12.5. The molecule has 0 aliphatic heterocycles. The number of halogens is 2. The van der Waals surface area contributed by atoms with Crippen LogP contribution in [-0.4, -0.2) is 11.0 Å². The molecule has 3 nitrogen and oxygen atoms in total. The molecule has 0 saturated heterocycles. The number of hydrogen-bond donors (Lipinski definition) is 2. The molecule has 5 heteroatoms. The number of rotatable bonds is 3. The molecule has 0 spiro atoms. The third kappa shape index (κ3) is 3.37. The van der Waals surface area contributed by atoms with Gasteiger partial charge in [0.15, 0.2) is 0 Å². The van der Waals surface area contributed by atoms with Crippen molar-refractivity contribution >= 4 is 34.8 Å². The average Bonchev–Trinajstić information content (AvgIpc) is 2.59. The number of anilines is 1. The Hall–Kier alpha value is -2.49. The van der Waals surface area contributed by atoms with Crippen molar-refractivity contribution in [1.29, 1.82) is 0 Å². The Morgan fingerprint density at radius 2 is 1.58 bits per heavy atom. The lowest BCUT2D eigenvalue weighted by atomic mass is 10.0. The van der Waals surface area contributed by atoms with Crippen LogP contribution in [0, 0.1) is 0 Å². The summed E-state index contributed by atoms with van der Waals surface area (Å²) in [6.45, 7) is 0. The zero-order chi connectivity index (χ0) is 17.1. The van der Waals surface area contributed by atoms with E-state index in [2.05, 4.69) is 5.32 Å². The van der Waals surface area contributed by atoms with Crippen LogP contribution >= 0.6 is 23.2 Å². The molecule has 0 heterocycles. The van der Waals surface area contributed by atoms with Gasteiger partial charge in [-0.1, -0.05) is 65.7 Å². The molecular formula is C19H13Cl2NO2. The van der Waals surface area contributed by atoms with Crippen molar-refractivity contribution in [3.05, 3.63) is 82.3 Å². The van der Waals surface area contributed by atoms with E-state index in [1.165, 1.54) is 6.07 Å². The van der Waals surface area contributed by atoms with Crippen LogP contribution < -0.4 is 5.32 Å². The van der Waals surface area contributed by atoms with E-state index in [0.717, 1.165) is 5.56 Å².